The fraction of sp³-hybridized carbons (Fsp3) is 0.316. The molecule has 0 aliphatic rings. The summed E-state index contributed by atoms with van der Waals surface area (Å²) < 4.78 is 37.2. The van der Waals surface area contributed by atoms with Crippen molar-refractivity contribution in [2.75, 3.05) is 33.6 Å². The molecule has 0 unspecified atom stereocenters. The number of ether oxygens (including phenoxy) is 2. The molecule has 2 aromatic carbocycles. The van der Waals surface area contributed by atoms with Crippen LogP contribution in [0.4, 0.5) is 5.69 Å². The Morgan fingerprint density at radius 2 is 1.57 bits per heavy atom. The minimum absolute atomic E-state index is 0.113. The number of carbonyl (C=O) groups excluding carboxylic acids is 1. The summed E-state index contributed by atoms with van der Waals surface area (Å²) in [5.74, 6) is 0.480. The molecular weight excluding hydrogens is 448 g/mol. The number of rotatable bonds is 6. The van der Waals surface area contributed by atoms with Crippen LogP contribution in [0.15, 0.2) is 33.6 Å². The van der Waals surface area contributed by atoms with E-state index in [1.165, 1.54) is 34.4 Å². The van der Waals surface area contributed by atoms with Gasteiger partial charge in [-0.3, -0.25) is 4.79 Å². The molecule has 0 radical (unpaired) electrons. The predicted molar refractivity (Wildman–Crippen MR) is 112 cm³/mol. The summed E-state index contributed by atoms with van der Waals surface area (Å²) in [6.07, 6.45) is 0. The standard InChI is InChI=1S/C19H23BrN2O5S/c1-11-7-14(28(24,25)22(3)4)10-15(12(11)2)21-19(23)13-8-16(26-5)18(20)17(9-13)27-6/h7-10H,1-6H3,(H,21,23). The molecule has 0 fully saturated rings. The third-order valence-corrected chi connectivity index (χ3v) is 6.95. The third-order valence-electron chi connectivity index (χ3n) is 4.38. The highest BCUT2D eigenvalue weighted by Gasteiger charge is 2.21. The monoisotopic (exact) mass is 470 g/mol. The number of nitrogens with one attached hydrogen (secondary N) is 1. The average molecular weight is 471 g/mol. The van der Waals surface area contributed by atoms with Crippen molar-refractivity contribution < 1.29 is 22.7 Å². The van der Waals surface area contributed by atoms with Crippen molar-refractivity contribution in [1.29, 1.82) is 0 Å². The summed E-state index contributed by atoms with van der Waals surface area (Å²) in [5, 5.41) is 2.79. The molecule has 0 atom stereocenters. The Kier molecular flexibility index (Phi) is 6.74. The Hall–Kier alpha value is -2.10. The van der Waals surface area contributed by atoms with Crippen molar-refractivity contribution in [3.63, 3.8) is 0 Å². The third kappa shape index (κ3) is 4.31. The van der Waals surface area contributed by atoms with Crippen LogP contribution in [0.3, 0.4) is 0 Å². The first-order valence-corrected chi connectivity index (χ1v) is 10.5. The molecule has 9 heteroatoms. The molecule has 0 aliphatic heterocycles. The molecule has 0 spiro atoms. The maximum absolute atomic E-state index is 12.8. The zero-order chi connectivity index (χ0) is 21.2. The molecular formula is C19H23BrN2O5S. The van der Waals surface area contributed by atoms with Gasteiger partial charge in [0, 0.05) is 25.3 Å². The molecule has 2 rings (SSSR count). The smallest absolute Gasteiger partial charge is 0.255 e. The maximum Gasteiger partial charge on any atom is 0.255 e. The number of aryl methyl sites for hydroxylation is 1. The summed E-state index contributed by atoms with van der Waals surface area (Å²) in [4.78, 5) is 12.9. The van der Waals surface area contributed by atoms with Crippen molar-refractivity contribution in [1.82, 2.24) is 4.31 Å². The summed E-state index contributed by atoms with van der Waals surface area (Å²) in [7, 11) is 2.27. The van der Waals surface area contributed by atoms with Crippen LogP contribution >= 0.6 is 15.9 Å². The number of methoxy groups -OCH3 is 2. The molecule has 0 bridgehead atoms. The average Bonchev–Trinajstić information content (AvgIpc) is 2.64. The normalized spacial score (nSPS) is 11.4. The molecule has 7 nitrogen and oxygen atoms in total. The van der Waals surface area contributed by atoms with Gasteiger partial charge in [0.1, 0.15) is 16.0 Å². The van der Waals surface area contributed by atoms with Crippen molar-refractivity contribution in [3.05, 3.63) is 45.4 Å². The van der Waals surface area contributed by atoms with Gasteiger partial charge < -0.3 is 14.8 Å². The second kappa shape index (κ2) is 8.50. The topological polar surface area (TPSA) is 84.9 Å². The zero-order valence-corrected chi connectivity index (χ0v) is 19.0. The van der Waals surface area contributed by atoms with Crippen molar-refractivity contribution in [3.8, 4) is 11.5 Å². The second-order valence-electron chi connectivity index (χ2n) is 6.35. The minimum atomic E-state index is -3.63. The highest BCUT2D eigenvalue weighted by molar-refractivity contribution is 9.10. The fourth-order valence-electron chi connectivity index (χ4n) is 2.51. The van der Waals surface area contributed by atoms with Crippen LogP contribution in [0.5, 0.6) is 11.5 Å². The summed E-state index contributed by atoms with van der Waals surface area (Å²) in [6, 6.07) is 6.20. The van der Waals surface area contributed by atoms with Gasteiger partial charge in [-0.05, 0) is 65.2 Å². The van der Waals surface area contributed by atoms with E-state index < -0.39 is 15.9 Å². The van der Waals surface area contributed by atoms with E-state index in [0.717, 1.165) is 15.4 Å². The van der Waals surface area contributed by atoms with Gasteiger partial charge in [-0.1, -0.05) is 0 Å². The Balaban J connectivity index is 2.49. The first-order chi connectivity index (χ1) is 13.0. The number of amides is 1. The Bertz CT molecular complexity index is 994. The van der Waals surface area contributed by atoms with Crippen molar-refractivity contribution >= 4 is 37.5 Å². The van der Waals surface area contributed by atoms with Crippen LogP contribution in [-0.4, -0.2) is 46.9 Å². The number of benzene rings is 2. The van der Waals surface area contributed by atoms with Crippen LogP contribution in [0.1, 0.15) is 21.5 Å². The minimum Gasteiger partial charge on any atom is -0.495 e. The molecule has 28 heavy (non-hydrogen) atoms. The molecule has 2 aromatic rings. The van der Waals surface area contributed by atoms with Gasteiger partial charge in [-0.25, -0.2) is 12.7 Å². The highest BCUT2D eigenvalue weighted by atomic mass is 79.9. The largest absolute Gasteiger partial charge is 0.495 e. The number of halogens is 1. The predicted octanol–water partition coefficient (Wildman–Crippen LogP) is 3.59. The van der Waals surface area contributed by atoms with E-state index in [1.807, 2.05) is 6.92 Å². The van der Waals surface area contributed by atoms with Crippen molar-refractivity contribution in [2.45, 2.75) is 18.7 Å². The lowest BCUT2D eigenvalue weighted by atomic mass is 10.1. The number of anilines is 1. The summed E-state index contributed by atoms with van der Waals surface area (Å²) in [6.45, 7) is 3.62. The van der Waals surface area contributed by atoms with Crippen LogP contribution < -0.4 is 14.8 Å². The van der Waals surface area contributed by atoms with Crippen LogP contribution in [0.25, 0.3) is 0 Å². The van der Waals surface area contributed by atoms with Gasteiger partial charge in [0.2, 0.25) is 10.0 Å². The summed E-state index contributed by atoms with van der Waals surface area (Å²) >= 11 is 3.36. The van der Waals surface area contributed by atoms with E-state index >= 15 is 0 Å². The molecule has 0 heterocycles. The van der Waals surface area contributed by atoms with Crippen LogP contribution in [-0.2, 0) is 10.0 Å². The molecule has 0 aliphatic carbocycles. The lowest BCUT2D eigenvalue weighted by molar-refractivity contribution is 0.102. The van der Waals surface area contributed by atoms with Gasteiger partial charge in [0.05, 0.1) is 19.1 Å². The molecule has 1 N–H and O–H groups in total. The van der Waals surface area contributed by atoms with Gasteiger partial charge in [0.25, 0.3) is 5.91 Å². The molecule has 1 amide bonds. The molecule has 0 aromatic heterocycles. The van der Waals surface area contributed by atoms with E-state index in [1.54, 1.807) is 25.1 Å². The maximum atomic E-state index is 12.8. The van der Waals surface area contributed by atoms with E-state index in [0.29, 0.717) is 27.2 Å². The highest BCUT2D eigenvalue weighted by Crippen LogP contribution is 2.36. The molecule has 0 saturated heterocycles. The Morgan fingerprint density at radius 1 is 1.04 bits per heavy atom. The van der Waals surface area contributed by atoms with E-state index in [2.05, 4.69) is 21.2 Å². The number of carbonyl (C=O) groups is 1. The number of hydrogen-bond acceptors (Lipinski definition) is 5. The SMILES string of the molecule is COc1cc(C(=O)Nc2cc(S(=O)(=O)N(C)C)cc(C)c2C)cc(OC)c1Br. The van der Waals surface area contributed by atoms with Gasteiger partial charge in [0.15, 0.2) is 0 Å². The van der Waals surface area contributed by atoms with Crippen LogP contribution in [0.2, 0.25) is 0 Å². The van der Waals surface area contributed by atoms with Gasteiger partial charge >= 0.3 is 0 Å². The van der Waals surface area contributed by atoms with Gasteiger partial charge in [-0.15, -0.1) is 0 Å². The number of sulfonamides is 1. The zero-order valence-electron chi connectivity index (χ0n) is 16.6. The number of nitrogens with zero attached hydrogens (tertiary/aromatic N) is 1. The van der Waals surface area contributed by atoms with E-state index in [4.69, 9.17) is 9.47 Å². The number of hydrogen-bond donors (Lipinski definition) is 1. The van der Waals surface area contributed by atoms with Crippen molar-refractivity contribution in [2.24, 2.45) is 0 Å². The lowest BCUT2D eigenvalue weighted by Crippen LogP contribution is -2.23. The lowest BCUT2D eigenvalue weighted by Gasteiger charge is -2.17. The Labute approximate surface area is 173 Å². The quantitative estimate of drug-likeness (QED) is 0.696. The first-order valence-electron chi connectivity index (χ1n) is 8.29. The molecule has 0 saturated carbocycles. The molecule has 152 valence electrons. The van der Waals surface area contributed by atoms with Crippen LogP contribution in [0, 0.1) is 13.8 Å². The Morgan fingerprint density at radius 3 is 2.04 bits per heavy atom. The van der Waals surface area contributed by atoms with Gasteiger partial charge in [-0.2, -0.15) is 0 Å². The fourth-order valence-corrected chi connectivity index (χ4v) is 4.08. The van der Waals surface area contributed by atoms with E-state index in [-0.39, 0.29) is 4.90 Å². The van der Waals surface area contributed by atoms with E-state index in [9.17, 15) is 13.2 Å². The second-order valence-corrected chi connectivity index (χ2v) is 9.29. The summed E-state index contributed by atoms with van der Waals surface area (Å²) in [5.41, 5.74) is 2.27. The first kappa shape index (κ1) is 22.2.